The molecular formula is C21H21ClN2O3S. The van der Waals surface area contributed by atoms with Crippen molar-refractivity contribution in [3.8, 4) is 0 Å². The third-order valence-electron chi connectivity index (χ3n) is 4.76. The quantitative estimate of drug-likeness (QED) is 0.694. The van der Waals surface area contributed by atoms with Crippen LogP contribution in [0, 0.1) is 0 Å². The van der Waals surface area contributed by atoms with Crippen molar-refractivity contribution >= 4 is 41.1 Å². The molecule has 0 saturated heterocycles. The van der Waals surface area contributed by atoms with Crippen molar-refractivity contribution in [3.63, 3.8) is 0 Å². The number of hydrogen-bond donors (Lipinski definition) is 1. The summed E-state index contributed by atoms with van der Waals surface area (Å²) in [6.07, 6.45) is 2.32. The number of rotatable bonds is 7. The monoisotopic (exact) mass is 416 g/mol. The summed E-state index contributed by atoms with van der Waals surface area (Å²) in [5.74, 6) is -0.520. The lowest BCUT2D eigenvalue weighted by Crippen LogP contribution is -2.50. The molecule has 146 valence electrons. The number of nitrogens with zero attached hydrogens (tertiary/aromatic N) is 1. The van der Waals surface area contributed by atoms with Gasteiger partial charge in [0.1, 0.15) is 6.04 Å². The summed E-state index contributed by atoms with van der Waals surface area (Å²) in [5, 5.41) is 3.55. The Morgan fingerprint density at radius 2 is 1.64 bits per heavy atom. The Hall–Kier alpha value is -2.31. The zero-order valence-corrected chi connectivity index (χ0v) is 17.2. The number of nitrogens with one attached hydrogen (secondary N) is 1. The average molecular weight is 417 g/mol. The van der Waals surface area contributed by atoms with Gasteiger partial charge in [-0.05, 0) is 55.2 Å². The third-order valence-corrected chi connectivity index (χ3v) is 5.66. The zero-order chi connectivity index (χ0) is 20.3. The van der Waals surface area contributed by atoms with E-state index in [9.17, 15) is 14.4 Å². The normalized spacial score (nSPS) is 15.3. The number of thioether (sulfide) groups is 1. The van der Waals surface area contributed by atoms with E-state index < -0.39 is 17.9 Å². The van der Waals surface area contributed by atoms with E-state index in [1.807, 2.05) is 25.3 Å². The van der Waals surface area contributed by atoms with Crippen LogP contribution < -0.4 is 5.32 Å². The lowest BCUT2D eigenvalue weighted by Gasteiger charge is -2.27. The molecule has 1 aliphatic heterocycles. The van der Waals surface area contributed by atoms with Gasteiger partial charge >= 0.3 is 0 Å². The minimum Gasteiger partial charge on any atom is -0.348 e. The van der Waals surface area contributed by atoms with Crippen LogP contribution in [-0.2, 0) is 4.79 Å². The Bertz CT molecular complexity index is 866. The van der Waals surface area contributed by atoms with Gasteiger partial charge in [0, 0.05) is 5.02 Å². The maximum atomic E-state index is 13.0. The summed E-state index contributed by atoms with van der Waals surface area (Å²) in [6, 6.07) is 12.7. The predicted octanol–water partition coefficient (Wildman–Crippen LogP) is 3.94. The predicted molar refractivity (Wildman–Crippen MR) is 112 cm³/mol. The van der Waals surface area contributed by atoms with Gasteiger partial charge in [0.15, 0.2) is 0 Å². The molecule has 3 amide bonds. The summed E-state index contributed by atoms with van der Waals surface area (Å²) in [4.78, 5) is 39.8. The van der Waals surface area contributed by atoms with Gasteiger partial charge in [-0.3, -0.25) is 19.3 Å². The second-order valence-corrected chi connectivity index (χ2v) is 8.03. The molecule has 2 aromatic carbocycles. The third kappa shape index (κ3) is 4.08. The van der Waals surface area contributed by atoms with E-state index in [1.165, 1.54) is 0 Å². The highest BCUT2D eigenvalue weighted by Gasteiger charge is 2.42. The Labute approximate surface area is 173 Å². The Morgan fingerprint density at radius 1 is 1.07 bits per heavy atom. The van der Waals surface area contributed by atoms with Crippen LogP contribution in [0.2, 0.25) is 5.02 Å². The Morgan fingerprint density at radius 3 is 2.18 bits per heavy atom. The van der Waals surface area contributed by atoms with Crippen LogP contribution in [0.5, 0.6) is 0 Å². The summed E-state index contributed by atoms with van der Waals surface area (Å²) in [6.45, 7) is 1.86. The molecule has 5 nitrogen and oxygen atoms in total. The van der Waals surface area contributed by atoms with Crippen LogP contribution in [0.1, 0.15) is 45.7 Å². The molecule has 1 heterocycles. The summed E-state index contributed by atoms with van der Waals surface area (Å²) in [5.41, 5.74) is 1.59. The highest BCUT2D eigenvalue weighted by molar-refractivity contribution is 7.98. The first-order valence-corrected chi connectivity index (χ1v) is 10.7. The Balaban J connectivity index is 1.82. The van der Waals surface area contributed by atoms with Crippen LogP contribution in [0.25, 0.3) is 0 Å². The van der Waals surface area contributed by atoms with Crippen molar-refractivity contribution in [2.24, 2.45) is 0 Å². The number of halogens is 1. The van der Waals surface area contributed by atoms with Gasteiger partial charge in [-0.1, -0.05) is 35.9 Å². The second kappa shape index (κ2) is 8.80. The van der Waals surface area contributed by atoms with E-state index in [2.05, 4.69) is 5.32 Å². The fraction of sp³-hybridized carbons (Fsp3) is 0.286. The number of fused-ring (bicyclic) bond motifs is 1. The minimum atomic E-state index is -0.852. The molecule has 2 atom stereocenters. The maximum Gasteiger partial charge on any atom is 0.262 e. The highest BCUT2D eigenvalue weighted by atomic mass is 35.5. The molecule has 0 bridgehead atoms. The average Bonchev–Trinajstić information content (AvgIpc) is 2.94. The van der Waals surface area contributed by atoms with E-state index in [0.717, 1.165) is 10.5 Å². The van der Waals surface area contributed by atoms with Gasteiger partial charge < -0.3 is 5.32 Å². The molecule has 3 rings (SSSR count). The van der Waals surface area contributed by atoms with Crippen molar-refractivity contribution in [1.29, 1.82) is 0 Å². The van der Waals surface area contributed by atoms with Crippen LogP contribution in [-0.4, -0.2) is 40.7 Å². The molecule has 0 aliphatic carbocycles. The van der Waals surface area contributed by atoms with Crippen molar-refractivity contribution < 1.29 is 14.4 Å². The molecule has 0 spiro atoms. The number of benzene rings is 2. The SMILES string of the molecule is CSCC[C@H](C(=O)N[C@@H](C)c1ccc(Cl)cc1)N1C(=O)c2ccccc2C1=O. The summed E-state index contributed by atoms with van der Waals surface area (Å²) >= 11 is 7.49. The number of hydrogen-bond acceptors (Lipinski definition) is 4. The van der Waals surface area contributed by atoms with Crippen LogP contribution in [0.4, 0.5) is 0 Å². The molecule has 7 heteroatoms. The zero-order valence-electron chi connectivity index (χ0n) is 15.6. The van der Waals surface area contributed by atoms with Crippen molar-refractivity contribution in [2.75, 3.05) is 12.0 Å². The number of carbonyl (C=O) groups excluding carboxylic acids is 3. The van der Waals surface area contributed by atoms with Crippen molar-refractivity contribution in [1.82, 2.24) is 10.2 Å². The van der Waals surface area contributed by atoms with Gasteiger partial charge in [-0.15, -0.1) is 0 Å². The van der Waals surface area contributed by atoms with E-state index in [4.69, 9.17) is 11.6 Å². The number of carbonyl (C=O) groups is 3. The second-order valence-electron chi connectivity index (χ2n) is 6.60. The van der Waals surface area contributed by atoms with E-state index in [-0.39, 0.29) is 11.9 Å². The van der Waals surface area contributed by atoms with Gasteiger partial charge in [0.05, 0.1) is 17.2 Å². The standard InChI is InChI=1S/C21H21ClN2O3S/c1-13(14-7-9-15(22)10-8-14)23-19(25)18(11-12-28-2)24-20(26)16-5-3-4-6-17(16)21(24)27/h3-10,13,18H,11-12H2,1-2H3,(H,23,25)/t13-,18+/m0/s1. The number of amides is 3. The lowest BCUT2D eigenvalue weighted by molar-refractivity contribution is -0.125. The first-order valence-electron chi connectivity index (χ1n) is 8.95. The summed E-state index contributed by atoms with van der Waals surface area (Å²) in [7, 11) is 0. The molecule has 0 unspecified atom stereocenters. The molecule has 0 fully saturated rings. The van der Waals surface area contributed by atoms with Crippen molar-refractivity contribution in [3.05, 3.63) is 70.2 Å². The smallest absolute Gasteiger partial charge is 0.262 e. The van der Waals surface area contributed by atoms with E-state index in [1.54, 1.807) is 48.2 Å². The maximum absolute atomic E-state index is 13.0. The van der Waals surface area contributed by atoms with Gasteiger partial charge in [0.25, 0.3) is 11.8 Å². The molecule has 0 saturated carbocycles. The molecule has 0 radical (unpaired) electrons. The molecular weight excluding hydrogens is 396 g/mol. The largest absolute Gasteiger partial charge is 0.348 e. The van der Waals surface area contributed by atoms with Crippen LogP contribution in [0.3, 0.4) is 0 Å². The van der Waals surface area contributed by atoms with E-state index >= 15 is 0 Å². The molecule has 1 N–H and O–H groups in total. The minimum absolute atomic E-state index is 0.281. The molecule has 28 heavy (non-hydrogen) atoms. The van der Waals surface area contributed by atoms with Crippen LogP contribution in [0.15, 0.2) is 48.5 Å². The molecule has 0 aromatic heterocycles. The van der Waals surface area contributed by atoms with Crippen LogP contribution >= 0.6 is 23.4 Å². The topological polar surface area (TPSA) is 66.5 Å². The van der Waals surface area contributed by atoms with Gasteiger partial charge in [0.2, 0.25) is 5.91 Å². The fourth-order valence-electron chi connectivity index (χ4n) is 3.24. The number of imide groups is 1. The fourth-order valence-corrected chi connectivity index (χ4v) is 3.83. The molecule has 2 aromatic rings. The molecule has 1 aliphatic rings. The van der Waals surface area contributed by atoms with Gasteiger partial charge in [-0.25, -0.2) is 0 Å². The summed E-state index contributed by atoms with van der Waals surface area (Å²) < 4.78 is 0. The van der Waals surface area contributed by atoms with Crippen molar-refractivity contribution in [2.45, 2.75) is 25.4 Å². The van der Waals surface area contributed by atoms with E-state index in [0.29, 0.717) is 28.3 Å². The lowest BCUT2D eigenvalue weighted by atomic mass is 10.1. The first kappa shape index (κ1) is 20.4. The first-order chi connectivity index (χ1) is 13.4. The Kier molecular flexibility index (Phi) is 6.42. The highest BCUT2D eigenvalue weighted by Crippen LogP contribution is 2.27. The van der Waals surface area contributed by atoms with Gasteiger partial charge in [-0.2, -0.15) is 11.8 Å².